The summed E-state index contributed by atoms with van der Waals surface area (Å²) in [5.74, 6) is 0. The Morgan fingerprint density at radius 2 is 2.08 bits per heavy atom. The standard InChI is InChI=1S/C10H14NP/c1-9-4-5-11-10(8-9)12-6-2-3-7-12/h4-5,8H,2-3,6-7H2,1H3. The minimum Gasteiger partial charge on any atom is -0.257 e. The summed E-state index contributed by atoms with van der Waals surface area (Å²) >= 11 is 0. The van der Waals surface area contributed by atoms with Gasteiger partial charge in [0.15, 0.2) is 0 Å². The van der Waals surface area contributed by atoms with Gasteiger partial charge in [-0.15, -0.1) is 0 Å². The van der Waals surface area contributed by atoms with Gasteiger partial charge in [0.1, 0.15) is 0 Å². The predicted molar refractivity (Wildman–Crippen MR) is 54.5 cm³/mol. The van der Waals surface area contributed by atoms with E-state index < -0.39 is 0 Å². The topological polar surface area (TPSA) is 12.9 Å². The Kier molecular flexibility index (Phi) is 2.41. The van der Waals surface area contributed by atoms with Crippen LogP contribution in [0.3, 0.4) is 0 Å². The first-order chi connectivity index (χ1) is 5.86. The number of nitrogens with zero attached hydrogens (tertiary/aromatic N) is 1. The van der Waals surface area contributed by atoms with Gasteiger partial charge >= 0.3 is 0 Å². The Hall–Kier alpha value is -0.420. The summed E-state index contributed by atoms with van der Waals surface area (Å²) in [4.78, 5) is 4.45. The number of pyridine rings is 1. The molecule has 2 heterocycles. The van der Waals surface area contributed by atoms with E-state index >= 15 is 0 Å². The fraction of sp³-hybridized carbons (Fsp3) is 0.500. The highest BCUT2D eigenvalue weighted by molar-refractivity contribution is 7.65. The number of aromatic nitrogens is 1. The first-order valence-electron chi connectivity index (χ1n) is 4.54. The van der Waals surface area contributed by atoms with E-state index in [0.29, 0.717) is 0 Å². The van der Waals surface area contributed by atoms with Crippen molar-refractivity contribution in [1.82, 2.24) is 4.98 Å². The third kappa shape index (κ3) is 1.67. The highest BCUT2D eigenvalue weighted by atomic mass is 31.1. The third-order valence-electron chi connectivity index (χ3n) is 2.33. The van der Waals surface area contributed by atoms with E-state index in [0.717, 1.165) is 0 Å². The van der Waals surface area contributed by atoms with Gasteiger partial charge in [-0.2, -0.15) is 0 Å². The molecular formula is C10H14NP. The molecule has 0 atom stereocenters. The van der Waals surface area contributed by atoms with Crippen molar-refractivity contribution < 1.29 is 0 Å². The summed E-state index contributed by atoms with van der Waals surface area (Å²) in [6.45, 7) is 2.15. The highest BCUT2D eigenvalue weighted by Gasteiger charge is 2.16. The lowest BCUT2D eigenvalue weighted by Crippen LogP contribution is -2.06. The maximum atomic E-state index is 4.45. The SMILES string of the molecule is Cc1ccnc(P2CCCC2)c1. The molecule has 1 aromatic rings. The van der Waals surface area contributed by atoms with Gasteiger partial charge < -0.3 is 0 Å². The molecule has 1 aliphatic heterocycles. The minimum absolute atomic E-state index is 0.132. The van der Waals surface area contributed by atoms with Crippen LogP contribution in [0.1, 0.15) is 18.4 Å². The average molecular weight is 179 g/mol. The molecule has 0 aliphatic carbocycles. The summed E-state index contributed by atoms with van der Waals surface area (Å²) < 4.78 is 0. The van der Waals surface area contributed by atoms with E-state index in [9.17, 15) is 0 Å². The minimum atomic E-state index is 0.132. The van der Waals surface area contributed by atoms with Gasteiger partial charge in [0.2, 0.25) is 0 Å². The molecule has 0 saturated carbocycles. The Morgan fingerprint density at radius 3 is 2.75 bits per heavy atom. The van der Waals surface area contributed by atoms with E-state index in [-0.39, 0.29) is 7.92 Å². The molecule has 0 amide bonds. The van der Waals surface area contributed by atoms with Gasteiger partial charge in [-0.3, -0.25) is 4.98 Å². The lowest BCUT2D eigenvalue weighted by Gasteiger charge is -2.08. The molecule has 1 aliphatic rings. The van der Waals surface area contributed by atoms with Gasteiger partial charge in [0, 0.05) is 6.20 Å². The van der Waals surface area contributed by atoms with Crippen LogP contribution >= 0.6 is 7.92 Å². The van der Waals surface area contributed by atoms with Gasteiger partial charge in [0.25, 0.3) is 0 Å². The van der Waals surface area contributed by atoms with E-state index in [4.69, 9.17) is 0 Å². The van der Waals surface area contributed by atoms with E-state index in [1.807, 2.05) is 6.20 Å². The lowest BCUT2D eigenvalue weighted by molar-refractivity contribution is 0.949. The second-order valence-corrected chi connectivity index (χ2v) is 5.82. The normalized spacial score (nSPS) is 18.4. The molecule has 0 aromatic carbocycles. The number of aryl methyl sites for hydroxylation is 1. The van der Waals surface area contributed by atoms with Crippen molar-refractivity contribution in [3.63, 3.8) is 0 Å². The van der Waals surface area contributed by atoms with Crippen molar-refractivity contribution in [2.45, 2.75) is 19.8 Å². The number of rotatable bonds is 1. The highest BCUT2D eigenvalue weighted by Crippen LogP contribution is 2.41. The zero-order valence-corrected chi connectivity index (χ0v) is 8.35. The van der Waals surface area contributed by atoms with Crippen LogP contribution in [0.2, 0.25) is 0 Å². The van der Waals surface area contributed by atoms with Crippen molar-refractivity contribution >= 4 is 13.4 Å². The van der Waals surface area contributed by atoms with Crippen LogP contribution in [-0.4, -0.2) is 17.3 Å². The molecule has 2 heteroatoms. The monoisotopic (exact) mass is 179 g/mol. The van der Waals surface area contributed by atoms with Crippen molar-refractivity contribution in [2.75, 3.05) is 12.3 Å². The first kappa shape index (κ1) is 8.19. The fourth-order valence-corrected chi connectivity index (χ4v) is 4.15. The molecule has 0 radical (unpaired) electrons. The molecule has 0 unspecified atom stereocenters. The van der Waals surface area contributed by atoms with E-state index in [1.54, 1.807) is 0 Å². The molecule has 1 fully saturated rings. The van der Waals surface area contributed by atoms with Crippen molar-refractivity contribution in [1.29, 1.82) is 0 Å². The van der Waals surface area contributed by atoms with Gasteiger partial charge in [-0.05, 0) is 49.8 Å². The van der Waals surface area contributed by atoms with E-state index in [1.165, 1.54) is 36.2 Å². The summed E-state index contributed by atoms with van der Waals surface area (Å²) in [5.41, 5.74) is 2.73. The van der Waals surface area contributed by atoms with Crippen LogP contribution in [0.4, 0.5) is 0 Å². The molecule has 12 heavy (non-hydrogen) atoms. The maximum absolute atomic E-state index is 4.45. The van der Waals surface area contributed by atoms with Crippen LogP contribution in [0.15, 0.2) is 18.3 Å². The Balaban J connectivity index is 2.21. The smallest absolute Gasteiger partial charge is 0.0633 e. The Bertz CT molecular complexity index is 266. The van der Waals surface area contributed by atoms with Gasteiger partial charge in [0.05, 0.1) is 5.44 Å². The number of hydrogen-bond acceptors (Lipinski definition) is 1. The zero-order valence-electron chi connectivity index (χ0n) is 7.45. The molecule has 2 rings (SSSR count). The molecule has 1 saturated heterocycles. The number of hydrogen-bond donors (Lipinski definition) is 0. The molecule has 1 aromatic heterocycles. The van der Waals surface area contributed by atoms with Crippen LogP contribution in [0.25, 0.3) is 0 Å². The lowest BCUT2D eigenvalue weighted by atomic mass is 10.3. The first-order valence-corrected chi connectivity index (χ1v) is 6.25. The van der Waals surface area contributed by atoms with Gasteiger partial charge in [-0.1, -0.05) is 7.92 Å². The molecule has 0 spiro atoms. The molecule has 64 valence electrons. The average Bonchev–Trinajstić information content (AvgIpc) is 2.56. The summed E-state index contributed by atoms with van der Waals surface area (Å²) in [7, 11) is 0.132. The Morgan fingerprint density at radius 1 is 1.33 bits per heavy atom. The van der Waals surface area contributed by atoms with Crippen molar-refractivity contribution in [3.8, 4) is 0 Å². The molecular weight excluding hydrogens is 165 g/mol. The maximum Gasteiger partial charge on any atom is 0.0633 e. The van der Waals surface area contributed by atoms with Crippen molar-refractivity contribution in [2.24, 2.45) is 0 Å². The zero-order chi connectivity index (χ0) is 8.39. The summed E-state index contributed by atoms with van der Waals surface area (Å²) in [5, 5.41) is 0. The quantitative estimate of drug-likeness (QED) is 0.603. The fourth-order valence-electron chi connectivity index (χ4n) is 1.64. The molecule has 1 nitrogen and oxygen atoms in total. The summed E-state index contributed by atoms with van der Waals surface area (Å²) in [6, 6.07) is 4.34. The second kappa shape index (κ2) is 3.53. The van der Waals surface area contributed by atoms with Crippen LogP contribution in [0, 0.1) is 6.92 Å². The largest absolute Gasteiger partial charge is 0.257 e. The van der Waals surface area contributed by atoms with Crippen LogP contribution < -0.4 is 5.44 Å². The predicted octanol–water partition coefficient (Wildman–Crippen LogP) is 2.29. The van der Waals surface area contributed by atoms with Crippen molar-refractivity contribution in [3.05, 3.63) is 23.9 Å². The molecule has 0 N–H and O–H groups in total. The van der Waals surface area contributed by atoms with Crippen LogP contribution in [0.5, 0.6) is 0 Å². The summed E-state index contributed by atoms with van der Waals surface area (Å²) in [6.07, 6.45) is 7.60. The molecule has 0 bridgehead atoms. The van der Waals surface area contributed by atoms with Gasteiger partial charge in [-0.25, -0.2) is 0 Å². The Labute approximate surface area is 75.0 Å². The van der Waals surface area contributed by atoms with E-state index in [2.05, 4.69) is 24.0 Å². The van der Waals surface area contributed by atoms with Crippen LogP contribution in [-0.2, 0) is 0 Å². The second-order valence-electron chi connectivity index (χ2n) is 3.39. The third-order valence-corrected chi connectivity index (χ3v) is 4.94.